The van der Waals surface area contributed by atoms with Crippen LogP contribution in [0.15, 0.2) is 41.9 Å². The van der Waals surface area contributed by atoms with Crippen LogP contribution >= 0.6 is 11.3 Å². The Morgan fingerprint density at radius 3 is 2.60 bits per heavy atom. The van der Waals surface area contributed by atoms with Crippen molar-refractivity contribution in [1.82, 2.24) is 9.55 Å². The summed E-state index contributed by atoms with van der Waals surface area (Å²) in [5.41, 5.74) is 8.42. The zero-order valence-corrected chi connectivity index (χ0v) is 17.2. The van der Waals surface area contributed by atoms with Gasteiger partial charge in [0, 0.05) is 30.4 Å². The second-order valence-electron chi connectivity index (χ2n) is 7.29. The Kier molecular flexibility index (Phi) is 5.71. The number of carbonyl (C=O) groups is 2. The maximum absolute atomic E-state index is 12.8. The van der Waals surface area contributed by atoms with E-state index >= 15 is 0 Å². The van der Waals surface area contributed by atoms with E-state index in [2.05, 4.69) is 10.2 Å². The normalized spacial score (nSPS) is 13.9. The maximum Gasteiger partial charge on any atom is 0.335 e. The van der Waals surface area contributed by atoms with Gasteiger partial charge in [0.2, 0.25) is 0 Å². The summed E-state index contributed by atoms with van der Waals surface area (Å²) in [5.74, 6) is -1.33. The van der Waals surface area contributed by atoms with Crippen LogP contribution in [0.25, 0.3) is 0 Å². The first kappa shape index (κ1) is 20.0. The predicted octanol–water partition coefficient (Wildman–Crippen LogP) is 3.52. The molecule has 0 unspecified atom stereocenters. The molecule has 1 amide bonds. The summed E-state index contributed by atoms with van der Waals surface area (Å²) in [6.45, 7) is 2.53. The van der Waals surface area contributed by atoms with Crippen molar-refractivity contribution >= 4 is 39.7 Å². The highest BCUT2D eigenvalue weighted by Crippen LogP contribution is 2.25. The summed E-state index contributed by atoms with van der Waals surface area (Å²) in [6, 6.07) is 7.64. The number of anilines is 3. The van der Waals surface area contributed by atoms with Gasteiger partial charge in [-0.25, -0.2) is 9.78 Å². The Balaban J connectivity index is 1.47. The lowest BCUT2D eigenvalue weighted by atomic mass is 10.1. The van der Waals surface area contributed by atoms with Crippen molar-refractivity contribution in [2.45, 2.75) is 25.8 Å². The smallest absolute Gasteiger partial charge is 0.335 e. The van der Waals surface area contributed by atoms with Gasteiger partial charge >= 0.3 is 5.97 Å². The average Bonchev–Trinajstić information content (AvgIpc) is 3.36. The molecule has 1 aliphatic rings. The number of hydrogen-bond acceptors (Lipinski definition) is 6. The van der Waals surface area contributed by atoms with Crippen molar-refractivity contribution in [2.75, 3.05) is 29.0 Å². The summed E-state index contributed by atoms with van der Waals surface area (Å²) in [7, 11) is 0. The number of aromatic carboxylic acids is 1. The molecule has 156 valence electrons. The third-order valence-electron chi connectivity index (χ3n) is 5.04. The number of aromatic nitrogens is 2. The number of nitrogen functional groups attached to an aromatic ring is 1. The largest absolute Gasteiger partial charge is 0.478 e. The maximum atomic E-state index is 12.8. The molecule has 3 aromatic rings. The number of carbonyl (C=O) groups excluding carboxylic acids is 1. The SMILES string of the molecule is Nc1cc(C(=O)Nc2ccc(C(=O)O)cc2)n(Cc2csc(N3CCCCC3)n2)c1. The van der Waals surface area contributed by atoms with E-state index in [0.717, 1.165) is 23.9 Å². The highest BCUT2D eigenvalue weighted by molar-refractivity contribution is 7.13. The number of carboxylic acid groups (broad SMARTS) is 1. The Hall–Kier alpha value is -3.33. The zero-order valence-electron chi connectivity index (χ0n) is 16.4. The molecule has 1 aliphatic heterocycles. The number of nitrogens with one attached hydrogen (secondary N) is 1. The van der Waals surface area contributed by atoms with Crippen molar-refractivity contribution in [3.05, 3.63) is 58.9 Å². The minimum absolute atomic E-state index is 0.161. The molecule has 1 fully saturated rings. The number of thiazole rings is 1. The van der Waals surface area contributed by atoms with E-state index in [1.807, 2.05) is 5.38 Å². The first-order valence-electron chi connectivity index (χ1n) is 9.79. The van der Waals surface area contributed by atoms with E-state index in [-0.39, 0.29) is 11.5 Å². The van der Waals surface area contributed by atoms with Crippen molar-refractivity contribution < 1.29 is 14.7 Å². The van der Waals surface area contributed by atoms with Gasteiger partial charge in [0.1, 0.15) is 5.69 Å². The summed E-state index contributed by atoms with van der Waals surface area (Å²) < 4.78 is 1.78. The summed E-state index contributed by atoms with van der Waals surface area (Å²) in [5, 5.41) is 14.8. The molecule has 2 aromatic heterocycles. The lowest BCUT2D eigenvalue weighted by Crippen LogP contribution is -2.29. The quantitative estimate of drug-likeness (QED) is 0.557. The lowest BCUT2D eigenvalue weighted by molar-refractivity contribution is 0.0696. The Morgan fingerprint density at radius 2 is 1.90 bits per heavy atom. The van der Waals surface area contributed by atoms with Crippen molar-refractivity contribution in [3.8, 4) is 0 Å². The summed E-state index contributed by atoms with van der Waals surface area (Å²) in [4.78, 5) is 30.8. The Bertz CT molecular complexity index is 1050. The van der Waals surface area contributed by atoms with E-state index in [1.54, 1.807) is 40.3 Å². The van der Waals surface area contributed by atoms with Gasteiger partial charge in [-0.2, -0.15) is 0 Å². The second-order valence-corrected chi connectivity index (χ2v) is 8.13. The van der Waals surface area contributed by atoms with Crippen molar-refractivity contribution in [2.24, 2.45) is 0 Å². The Labute approximate surface area is 178 Å². The van der Waals surface area contributed by atoms with Crippen LogP contribution in [0.3, 0.4) is 0 Å². The van der Waals surface area contributed by atoms with Gasteiger partial charge in [-0.15, -0.1) is 11.3 Å². The monoisotopic (exact) mass is 425 g/mol. The molecule has 0 spiro atoms. The van der Waals surface area contributed by atoms with Gasteiger partial charge in [0.05, 0.1) is 23.5 Å². The van der Waals surface area contributed by atoms with E-state index < -0.39 is 5.97 Å². The fourth-order valence-corrected chi connectivity index (χ4v) is 4.39. The van der Waals surface area contributed by atoms with Gasteiger partial charge in [0.15, 0.2) is 5.13 Å². The number of piperidine rings is 1. The van der Waals surface area contributed by atoms with Gasteiger partial charge in [-0.1, -0.05) is 0 Å². The molecule has 0 radical (unpaired) electrons. The van der Waals surface area contributed by atoms with Crippen molar-refractivity contribution in [1.29, 1.82) is 0 Å². The Morgan fingerprint density at radius 1 is 1.17 bits per heavy atom. The third-order valence-corrected chi connectivity index (χ3v) is 5.99. The van der Waals surface area contributed by atoms with E-state index in [0.29, 0.717) is 23.6 Å². The molecule has 8 nitrogen and oxygen atoms in total. The molecule has 4 rings (SSSR count). The average molecular weight is 426 g/mol. The number of carboxylic acids is 1. The van der Waals surface area contributed by atoms with Gasteiger partial charge in [-0.05, 0) is 49.6 Å². The van der Waals surface area contributed by atoms with Crippen LogP contribution in [-0.2, 0) is 6.54 Å². The van der Waals surface area contributed by atoms with E-state index in [4.69, 9.17) is 15.8 Å². The van der Waals surface area contributed by atoms with Crippen molar-refractivity contribution in [3.63, 3.8) is 0 Å². The fourth-order valence-electron chi connectivity index (χ4n) is 3.52. The van der Waals surface area contributed by atoms with Gasteiger partial charge < -0.3 is 25.6 Å². The van der Waals surface area contributed by atoms with Crippen LogP contribution in [0.4, 0.5) is 16.5 Å². The van der Waals surface area contributed by atoms with Crippen LogP contribution in [0.1, 0.15) is 45.8 Å². The molecular weight excluding hydrogens is 402 g/mol. The first-order chi connectivity index (χ1) is 14.5. The standard InChI is InChI=1S/C21H23N5O3S/c22-15-10-18(19(27)23-16-6-4-14(5-7-16)20(28)29)26(11-15)12-17-13-30-21(24-17)25-8-2-1-3-9-25/h4-7,10-11,13H,1-3,8-9,12,22H2,(H,23,27)(H,28,29). The van der Waals surface area contributed by atoms with Crippen LogP contribution in [0.5, 0.6) is 0 Å². The minimum atomic E-state index is -1.01. The molecule has 30 heavy (non-hydrogen) atoms. The third kappa shape index (κ3) is 4.46. The summed E-state index contributed by atoms with van der Waals surface area (Å²) >= 11 is 1.62. The molecule has 3 heterocycles. The van der Waals surface area contributed by atoms with Crippen LogP contribution in [0, 0.1) is 0 Å². The summed E-state index contributed by atoms with van der Waals surface area (Å²) in [6.07, 6.45) is 5.39. The number of nitrogens with zero attached hydrogens (tertiary/aromatic N) is 3. The number of hydrogen-bond donors (Lipinski definition) is 3. The van der Waals surface area contributed by atoms with Crippen LogP contribution in [-0.4, -0.2) is 39.6 Å². The van der Waals surface area contributed by atoms with E-state index in [1.165, 1.54) is 31.4 Å². The number of nitrogens with two attached hydrogens (primary N) is 1. The predicted molar refractivity (Wildman–Crippen MR) is 117 cm³/mol. The van der Waals surface area contributed by atoms with Gasteiger partial charge in [0.25, 0.3) is 5.91 Å². The molecule has 0 bridgehead atoms. The molecule has 1 aromatic carbocycles. The second kappa shape index (κ2) is 8.58. The van der Waals surface area contributed by atoms with E-state index in [9.17, 15) is 9.59 Å². The first-order valence-corrected chi connectivity index (χ1v) is 10.7. The highest BCUT2D eigenvalue weighted by Gasteiger charge is 2.17. The fraction of sp³-hybridized carbons (Fsp3) is 0.286. The molecule has 4 N–H and O–H groups in total. The molecular formula is C21H23N5O3S. The molecule has 0 atom stereocenters. The molecule has 9 heteroatoms. The molecule has 0 saturated carbocycles. The van der Waals surface area contributed by atoms with Gasteiger partial charge in [-0.3, -0.25) is 4.79 Å². The number of amides is 1. The number of rotatable bonds is 6. The van der Waals surface area contributed by atoms with Crippen LogP contribution in [0.2, 0.25) is 0 Å². The molecule has 0 aliphatic carbocycles. The highest BCUT2D eigenvalue weighted by atomic mass is 32.1. The topological polar surface area (TPSA) is 113 Å². The number of benzene rings is 1. The van der Waals surface area contributed by atoms with Crippen LogP contribution < -0.4 is 16.0 Å². The molecule has 1 saturated heterocycles. The zero-order chi connectivity index (χ0) is 21.1. The lowest BCUT2D eigenvalue weighted by Gasteiger charge is -2.25. The minimum Gasteiger partial charge on any atom is -0.478 e.